The second kappa shape index (κ2) is 13.3. The Morgan fingerprint density at radius 3 is 1.92 bits per heavy atom. The molecule has 1 nitrogen and oxygen atoms in total. The lowest BCUT2D eigenvalue weighted by atomic mass is 9.81. The van der Waals surface area contributed by atoms with Crippen LogP contribution in [0.25, 0.3) is 75.1 Å². The van der Waals surface area contributed by atoms with Gasteiger partial charge in [-0.3, -0.25) is 0 Å². The first-order chi connectivity index (χ1) is 28.6. The van der Waals surface area contributed by atoms with Crippen LogP contribution in [0.3, 0.4) is 0 Å². The van der Waals surface area contributed by atoms with Crippen molar-refractivity contribution in [1.82, 2.24) is 0 Å². The van der Waals surface area contributed by atoms with Crippen LogP contribution in [0, 0.1) is 0 Å². The van der Waals surface area contributed by atoms with Gasteiger partial charge >= 0.3 is 0 Å². The first-order valence-electron chi connectivity index (χ1n) is 20.8. The molecule has 0 atom stereocenters. The van der Waals surface area contributed by atoms with Gasteiger partial charge in [0.25, 0.3) is 0 Å². The second-order valence-corrected chi connectivity index (χ2v) is 18.8. The maximum absolute atomic E-state index is 2.57. The Hall–Kier alpha value is -6.48. The molecule has 1 aliphatic rings. The van der Waals surface area contributed by atoms with E-state index in [0.717, 1.165) is 17.1 Å². The molecule has 0 saturated carbocycles. The number of hydrogen-bond donors (Lipinski definition) is 0. The van der Waals surface area contributed by atoms with Crippen molar-refractivity contribution < 1.29 is 0 Å². The highest BCUT2D eigenvalue weighted by atomic mass is 32.1. The SMILES string of the molecule is CC(C)(C)c1ccc(N(c2ccc3c(c2)C(C)(C)c2cc4ccccc4cc2-3)c2ccc3ccccc3c2-c2cccc3c2sc2ccccc23)c(-c2ccccc2)c1. The van der Waals surface area contributed by atoms with Crippen molar-refractivity contribution in [1.29, 1.82) is 0 Å². The van der Waals surface area contributed by atoms with E-state index in [1.54, 1.807) is 0 Å². The molecule has 10 aromatic rings. The van der Waals surface area contributed by atoms with E-state index >= 15 is 0 Å². The number of rotatable bonds is 5. The molecule has 284 valence electrons. The van der Waals surface area contributed by atoms with Crippen molar-refractivity contribution in [3.63, 3.8) is 0 Å². The van der Waals surface area contributed by atoms with Crippen LogP contribution in [-0.2, 0) is 10.8 Å². The molecule has 0 amide bonds. The zero-order chi connectivity index (χ0) is 40.0. The van der Waals surface area contributed by atoms with Crippen LogP contribution in [0.2, 0.25) is 0 Å². The summed E-state index contributed by atoms with van der Waals surface area (Å²) in [6.07, 6.45) is 0. The van der Waals surface area contributed by atoms with Gasteiger partial charge in [0, 0.05) is 48.0 Å². The quantitative estimate of drug-likeness (QED) is 0.168. The summed E-state index contributed by atoms with van der Waals surface area (Å²) in [6.45, 7) is 11.7. The summed E-state index contributed by atoms with van der Waals surface area (Å²) in [5, 5.41) is 7.66. The minimum Gasteiger partial charge on any atom is -0.309 e. The average Bonchev–Trinajstić information content (AvgIpc) is 3.74. The lowest BCUT2D eigenvalue weighted by Gasteiger charge is -2.33. The molecule has 11 rings (SSSR count). The van der Waals surface area contributed by atoms with Crippen LogP contribution in [0.5, 0.6) is 0 Å². The van der Waals surface area contributed by atoms with Crippen molar-refractivity contribution in [2.24, 2.45) is 0 Å². The molecule has 1 aromatic heterocycles. The lowest BCUT2D eigenvalue weighted by molar-refractivity contribution is 0.590. The molecular weight excluding hydrogens is 731 g/mol. The highest BCUT2D eigenvalue weighted by Crippen LogP contribution is 2.54. The van der Waals surface area contributed by atoms with Gasteiger partial charge in [0.1, 0.15) is 0 Å². The van der Waals surface area contributed by atoms with E-state index in [1.165, 1.54) is 91.8 Å². The van der Waals surface area contributed by atoms with E-state index < -0.39 is 0 Å². The average molecular weight is 776 g/mol. The molecule has 0 saturated heterocycles. The summed E-state index contributed by atoms with van der Waals surface area (Å²) in [5.41, 5.74) is 14.9. The van der Waals surface area contributed by atoms with Gasteiger partial charge in [0.15, 0.2) is 0 Å². The van der Waals surface area contributed by atoms with Crippen LogP contribution in [0.4, 0.5) is 17.1 Å². The van der Waals surface area contributed by atoms with E-state index in [0.29, 0.717) is 0 Å². The monoisotopic (exact) mass is 775 g/mol. The molecule has 0 fully saturated rings. The summed E-state index contributed by atoms with van der Waals surface area (Å²) in [6, 6.07) is 68.3. The van der Waals surface area contributed by atoms with Crippen molar-refractivity contribution in [3.8, 4) is 33.4 Å². The standard InChI is InChI=1S/C57H45NS/c1-56(2,3)40-27-31-51(47(34-40)36-16-7-6-8-17-36)58(41-28-29-43-48-32-38-19-9-10-20-39(38)33-49(48)57(4,5)50(43)35-41)52-30-26-37-18-11-12-21-42(37)54(52)46-24-15-23-45-44-22-13-14-25-53(44)59-55(45)46/h6-35H,1-5H3. The number of fused-ring (bicyclic) bond motifs is 8. The predicted molar refractivity (Wildman–Crippen MR) is 256 cm³/mol. The molecule has 0 spiro atoms. The van der Waals surface area contributed by atoms with Crippen LogP contribution >= 0.6 is 11.3 Å². The smallest absolute Gasteiger partial charge is 0.0547 e. The van der Waals surface area contributed by atoms with Crippen molar-refractivity contribution >= 4 is 70.1 Å². The Bertz CT molecular complexity index is 3290. The topological polar surface area (TPSA) is 3.24 Å². The molecule has 1 aliphatic carbocycles. The summed E-state index contributed by atoms with van der Waals surface area (Å²) in [4.78, 5) is 2.57. The second-order valence-electron chi connectivity index (χ2n) is 17.7. The highest BCUT2D eigenvalue weighted by molar-refractivity contribution is 7.26. The molecule has 0 bridgehead atoms. The van der Waals surface area contributed by atoms with E-state index in [1.807, 2.05) is 11.3 Å². The zero-order valence-corrected chi connectivity index (χ0v) is 35.0. The van der Waals surface area contributed by atoms with Gasteiger partial charge in [-0.15, -0.1) is 11.3 Å². The lowest BCUT2D eigenvalue weighted by Crippen LogP contribution is -2.18. The number of thiophene rings is 1. The summed E-state index contributed by atoms with van der Waals surface area (Å²) in [7, 11) is 0. The minimum atomic E-state index is -0.191. The minimum absolute atomic E-state index is 0.0231. The predicted octanol–water partition coefficient (Wildman–Crippen LogP) is 16.8. The largest absolute Gasteiger partial charge is 0.309 e. The third-order valence-electron chi connectivity index (χ3n) is 12.8. The molecule has 59 heavy (non-hydrogen) atoms. The Morgan fingerprint density at radius 2 is 1.12 bits per heavy atom. The Kier molecular flexibility index (Phi) is 8.03. The van der Waals surface area contributed by atoms with Crippen LogP contribution in [0.15, 0.2) is 182 Å². The fourth-order valence-corrected chi connectivity index (χ4v) is 10.9. The van der Waals surface area contributed by atoms with Crippen molar-refractivity contribution in [2.45, 2.75) is 45.4 Å². The molecule has 0 aliphatic heterocycles. The maximum atomic E-state index is 2.57. The zero-order valence-electron chi connectivity index (χ0n) is 34.2. The van der Waals surface area contributed by atoms with Gasteiger partial charge in [-0.25, -0.2) is 0 Å². The normalized spacial score (nSPS) is 13.3. The molecule has 0 N–H and O–H groups in total. The van der Waals surface area contributed by atoms with Gasteiger partial charge in [-0.2, -0.15) is 0 Å². The molecular formula is C57H45NS. The fourth-order valence-electron chi connectivity index (χ4n) is 9.68. The number of hydrogen-bond acceptors (Lipinski definition) is 2. The van der Waals surface area contributed by atoms with Crippen LogP contribution in [-0.4, -0.2) is 0 Å². The Balaban J connectivity index is 1.24. The van der Waals surface area contributed by atoms with Crippen molar-refractivity contribution in [3.05, 3.63) is 199 Å². The first kappa shape index (κ1) is 35.7. The molecule has 2 heteroatoms. The molecule has 1 heterocycles. The Labute approximate surface area is 350 Å². The number of anilines is 3. The maximum Gasteiger partial charge on any atom is 0.0547 e. The molecule has 9 aromatic carbocycles. The number of benzene rings is 9. The van der Waals surface area contributed by atoms with Gasteiger partial charge in [-0.05, 0) is 109 Å². The molecule has 0 unspecified atom stereocenters. The van der Waals surface area contributed by atoms with Crippen LogP contribution in [0.1, 0.15) is 51.3 Å². The Morgan fingerprint density at radius 1 is 0.458 bits per heavy atom. The summed E-state index contributed by atoms with van der Waals surface area (Å²) in [5.74, 6) is 0. The summed E-state index contributed by atoms with van der Waals surface area (Å²) < 4.78 is 2.63. The van der Waals surface area contributed by atoms with E-state index in [9.17, 15) is 0 Å². The third-order valence-corrected chi connectivity index (χ3v) is 14.0. The van der Waals surface area contributed by atoms with Gasteiger partial charge < -0.3 is 4.90 Å². The molecule has 0 radical (unpaired) electrons. The summed E-state index contributed by atoms with van der Waals surface area (Å²) >= 11 is 1.90. The van der Waals surface area contributed by atoms with Crippen LogP contribution < -0.4 is 4.90 Å². The first-order valence-corrected chi connectivity index (χ1v) is 21.6. The van der Waals surface area contributed by atoms with E-state index in [4.69, 9.17) is 0 Å². The van der Waals surface area contributed by atoms with Crippen molar-refractivity contribution in [2.75, 3.05) is 4.90 Å². The highest BCUT2D eigenvalue weighted by Gasteiger charge is 2.37. The van der Waals surface area contributed by atoms with Gasteiger partial charge in [0.2, 0.25) is 0 Å². The fraction of sp³-hybridized carbons (Fsp3) is 0.123. The van der Waals surface area contributed by atoms with Gasteiger partial charge in [0.05, 0.1) is 11.4 Å². The number of nitrogens with zero attached hydrogens (tertiary/aromatic N) is 1. The van der Waals surface area contributed by atoms with E-state index in [2.05, 4.69) is 222 Å². The third kappa shape index (κ3) is 5.65. The van der Waals surface area contributed by atoms with E-state index in [-0.39, 0.29) is 10.8 Å². The van der Waals surface area contributed by atoms with Gasteiger partial charge in [-0.1, -0.05) is 168 Å².